The lowest BCUT2D eigenvalue weighted by Gasteiger charge is -2.38. The summed E-state index contributed by atoms with van der Waals surface area (Å²) in [6.07, 6.45) is 4.35. The lowest BCUT2D eigenvalue weighted by Crippen LogP contribution is -2.52. The van der Waals surface area contributed by atoms with Gasteiger partial charge in [0.1, 0.15) is 11.5 Å². The molecule has 0 aliphatic carbocycles. The van der Waals surface area contributed by atoms with Gasteiger partial charge < -0.3 is 24.3 Å². The summed E-state index contributed by atoms with van der Waals surface area (Å²) in [7, 11) is 1.72. The Morgan fingerprint density at radius 2 is 2.04 bits per heavy atom. The van der Waals surface area contributed by atoms with Crippen molar-refractivity contribution in [2.45, 2.75) is 6.42 Å². The van der Waals surface area contributed by atoms with Crippen LogP contribution in [0.3, 0.4) is 0 Å². The molecule has 1 aromatic heterocycles. The molecule has 1 aliphatic rings. The first-order valence-electron chi connectivity index (χ1n) is 9.36. The number of hydrogen-bond donors (Lipinski definition) is 1. The van der Waals surface area contributed by atoms with Crippen LogP contribution in [0.1, 0.15) is 5.76 Å². The van der Waals surface area contributed by atoms with Crippen LogP contribution in [0.25, 0.3) is 0 Å². The minimum atomic E-state index is 0.694. The van der Waals surface area contributed by atoms with Crippen LogP contribution in [0.5, 0.6) is 5.75 Å². The van der Waals surface area contributed by atoms with E-state index in [9.17, 15) is 0 Å². The molecule has 0 amide bonds. The Morgan fingerprint density at radius 1 is 1.22 bits per heavy atom. The predicted molar refractivity (Wildman–Crippen MR) is 110 cm³/mol. The molecule has 2 aromatic rings. The number of benzene rings is 1. The number of rotatable bonds is 7. The number of furan rings is 1. The maximum absolute atomic E-state index is 5.50. The third kappa shape index (κ3) is 5.06. The minimum Gasteiger partial charge on any atom is -0.495 e. The largest absolute Gasteiger partial charge is 0.495 e. The van der Waals surface area contributed by atoms with E-state index in [0.717, 1.165) is 55.8 Å². The van der Waals surface area contributed by atoms with E-state index >= 15 is 0 Å². The molecule has 3 rings (SSSR count). The first kappa shape index (κ1) is 18.9. The Kier molecular flexibility index (Phi) is 6.79. The van der Waals surface area contributed by atoms with Crippen LogP contribution in [0.4, 0.5) is 5.69 Å². The van der Waals surface area contributed by atoms with Crippen molar-refractivity contribution in [1.82, 2.24) is 10.2 Å². The molecule has 1 N–H and O–H groups in total. The molecule has 1 aliphatic heterocycles. The molecule has 27 heavy (non-hydrogen) atoms. The number of ether oxygens (including phenoxy) is 1. The van der Waals surface area contributed by atoms with Gasteiger partial charge in [-0.2, -0.15) is 0 Å². The second kappa shape index (κ2) is 9.71. The van der Waals surface area contributed by atoms with Crippen molar-refractivity contribution in [2.75, 3.05) is 51.3 Å². The van der Waals surface area contributed by atoms with E-state index in [0.29, 0.717) is 13.1 Å². The summed E-state index contributed by atoms with van der Waals surface area (Å²) in [6, 6.07) is 12.1. The number of piperazine rings is 1. The smallest absolute Gasteiger partial charge is 0.194 e. The lowest BCUT2D eigenvalue weighted by molar-refractivity contribution is 0.367. The van der Waals surface area contributed by atoms with Gasteiger partial charge in [-0.3, -0.25) is 4.99 Å². The van der Waals surface area contributed by atoms with Crippen LogP contribution < -0.4 is 15.0 Å². The number of guanidine groups is 1. The molecule has 1 fully saturated rings. The van der Waals surface area contributed by atoms with Gasteiger partial charge in [0.05, 0.1) is 19.1 Å². The maximum Gasteiger partial charge on any atom is 0.194 e. The van der Waals surface area contributed by atoms with Crippen LogP contribution in [-0.2, 0) is 6.42 Å². The van der Waals surface area contributed by atoms with E-state index in [2.05, 4.69) is 33.8 Å². The first-order valence-corrected chi connectivity index (χ1v) is 9.36. The molecule has 6 heteroatoms. The molecule has 144 valence electrons. The molecule has 6 nitrogen and oxygen atoms in total. The van der Waals surface area contributed by atoms with Gasteiger partial charge in [-0.25, -0.2) is 0 Å². The number of hydrogen-bond acceptors (Lipinski definition) is 4. The van der Waals surface area contributed by atoms with Crippen molar-refractivity contribution in [3.8, 4) is 5.75 Å². The minimum absolute atomic E-state index is 0.694. The highest BCUT2D eigenvalue weighted by Gasteiger charge is 2.21. The summed E-state index contributed by atoms with van der Waals surface area (Å²) >= 11 is 0. The molecule has 0 atom stereocenters. The van der Waals surface area contributed by atoms with Gasteiger partial charge in [-0.05, 0) is 24.3 Å². The number of anilines is 1. The fourth-order valence-electron chi connectivity index (χ4n) is 3.21. The summed E-state index contributed by atoms with van der Waals surface area (Å²) < 4.78 is 10.9. The van der Waals surface area contributed by atoms with Crippen LogP contribution in [-0.4, -0.2) is 57.2 Å². The predicted octanol–water partition coefficient (Wildman–Crippen LogP) is 2.78. The number of nitrogens with one attached hydrogen (secondary N) is 1. The first-order chi connectivity index (χ1) is 13.3. The zero-order valence-electron chi connectivity index (χ0n) is 15.9. The Bertz CT molecular complexity index is 734. The van der Waals surface area contributed by atoms with Gasteiger partial charge in [-0.15, -0.1) is 6.58 Å². The van der Waals surface area contributed by atoms with E-state index in [1.165, 1.54) is 0 Å². The highest BCUT2D eigenvalue weighted by Crippen LogP contribution is 2.28. The van der Waals surface area contributed by atoms with Gasteiger partial charge in [-0.1, -0.05) is 18.2 Å². The van der Waals surface area contributed by atoms with E-state index in [-0.39, 0.29) is 0 Å². The molecule has 0 saturated carbocycles. The van der Waals surface area contributed by atoms with Crippen LogP contribution in [0.15, 0.2) is 64.7 Å². The molecule has 0 spiro atoms. The van der Waals surface area contributed by atoms with E-state index in [1.54, 1.807) is 13.4 Å². The van der Waals surface area contributed by atoms with Crippen molar-refractivity contribution >= 4 is 11.6 Å². The SMILES string of the molecule is C=CCNC(=NCCc1ccco1)N1CCN(c2ccccc2OC)CC1. The van der Waals surface area contributed by atoms with Crippen molar-refractivity contribution in [3.05, 3.63) is 61.1 Å². The molecule has 2 heterocycles. The third-order valence-corrected chi connectivity index (χ3v) is 4.61. The molecule has 0 unspecified atom stereocenters. The number of aliphatic imine (C=N–C) groups is 1. The van der Waals surface area contributed by atoms with Gasteiger partial charge >= 0.3 is 0 Å². The van der Waals surface area contributed by atoms with Crippen molar-refractivity contribution in [2.24, 2.45) is 4.99 Å². The quantitative estimate of drug-likeness (QED) is 0.463. The van der Waals surface area contributed by atoms with E-state index in [1.807, 2.05) is 30.3 Å². The monoisotopic (exact) mass is 368 g/mol. The van der Waals surface area contributed by atoms with Crippen LogP contribution in [0.2, 0.25) is 0 Å². The van der Waals surface area contributed by atoms with E-state index in [4.69, 9.17) is 14.1 Å². The van der Waals surface area contributed by atoms with Crippen molar-refractivity contribution < 1.29 is 9.15 Å². The fourth-order valence-corrected chi connectivity index (χ4v) is 3.21. The normalized spacial score (nSPS) is 14.9. The number of methoxy groups -OCH3 is 1. The molecular weight excluding hydrogens is 340 g/mol. The van der Waals surface area contributed by atoms with Crippen LogP contribution >= 0.6 is 0 Å². The summed E-state index contributed by atoms with van der Waals surface area (Å²) in [4.78, 5) is 9.44. The van der Waals surface area contributed by atoms with Gasteiger partial charge in [0, 0.05) is 45.7 Å². The topological polar surface area (TPSA) is 53.2 Å². The standard InChI is InChI=1S/C21H28N4O2/c1-3-11-22-21(23-12-10-18-7-6-17-27-18)25-15-13-24(14-16-25)19-8-4-5-9-20(19)26-2/h3-9,17H,1,10-16H2,2H3,(H,22,23). The molecule has 0 bridgehead atoms. The zero-order chi connectivity index (χ0) is 18.9. The van der Waals surface area contributed by atoms with Crippen molar-refractivity contribution in [1.29, 1.82) is 0 Å². The zero-order valence-corrected chi connectivity index (χ0v) is 15.9. The summed E-state index contributed by atoms with van der Waals surface area (Å²) in [5, 5.41) is 3.38. The Morgan fingerprint density at radius 3 is 2.74 bits per heavy atom. The van der Waals surface area contributed by atoms with Gasteiger partial charge in [0.15, 0.2) is 5.96 Å². The third-order valence-electron chi connectivity index (χ3n) is 4.61. The fraction of sp³-hybridized carbons (Fsp3) is 0.381. The maximum atomic E-state index is 5.50. The van der Waals surface area contributed by atoms with Gasteiger partial charge in [0.2, 0.25) is 0 Å². The second-order valence-electron chi connectivity index (χ2n) is 6.35. The number of para-hydroxylation sites is 2. The average molecular weight is 368 g/mol. The van der Waals surface area contributed by atoms with Crippen molar-refractivity contribution in [3.63, 3.8) is 0 Å². The highest BCUT2D eigenvalue weighted by atomic mass is 16.5. The number of nitrogens with zero attached hydrogens (tertiary/aromatic N) is 3. The average Bonchev–Trinajstić information content (AvgIpc) is 3.24. The Labute approximate surface area is 161 Å². The van der Waals surface area contributed by atoms with Crippen LogP contribution in [0, 0.1) is 0 Å². The second-order valence-corrected chi connectivity index (χ2v) is 6.35. The Balaban J connectivity index is 1.60. The summed E-state index contributed by atoms with van der Waals surface area (Å²) in [6.45, 7) is 8.85. The van der Waals surface area contributed by atoms with E-state index < -0.39 is 0 Å². The molecule has 1 saturated heterocycles. The molecular formula is C21H28N4O2. The lowest BCUT2D eigenvalue weighted by atomic mass is 10.2. The van der Waals surface area contributed by atoms with Gasteiger partial charge in [0.25, 0.3) is 0 Å². The molecule has 0 radical (unpaired) electrons. The highest BCUT2D eigenvalue weighted by molar-refractivity contribution is 5.80. The summed E-state index contributed by atoms with van der Waals surface area (Å²) in [5.74, 6) is 2.81. The molecule has 1 aromatic carbocycles. The summed E-state index contributed by atoms with van der Waals surface area (Å²) in [5.41, 5.74) is 1.15. The Hall–Kier alpha value is -2.89.